The summed E-state index contributed by atoms with van der Waals surface area (Å²) in [6.45, 7) is 6.49. The molecule has 0 unspecified atom stereocenters. The number of para-hydroxylation sites is 1. The predicted molar refractivity (Wildman–Crippen MR) is 121 cm³/mol. The predicted octanol–water partition coefficient (Wildman–Crippen LogP) is 5.11. The number of amides is 2. The molecule has 0 aromatic heterocycles. The van der Waals surface area contributed by atoms with E-state index in [1.807, 2.05) is 105 Å². The van der Waals surface area contributed by atoms with E-state index in [0.29, 0.717) is 23.5 Å². The van der Waals surface area contributed by atoms with Gasteiger partial charge in [0.1, 0.15) is 5.70 Å². The summed E-state index contributed by atoms with van der Waals surface area (Å²) in [6, 6.07) is 24.9. The Hall–Kier alpha value is -3.66. The van der Waals surface area contributed by atoms with E-state index in [2.05, 4.69) is 0 Å². The maximum Gasteiger partial charge on any atom is 0.282 e. The average Bonchev–Trinajstić information content (AvgIpc) is 2.99. The van der Waals surface area contributed by atoms with Gasteiger partial charge in [-0.25, -0.2) is 4.90 Å². The third-order valence-corrected chi connectivity index (χ3v) is 5.24. The van der Waals surface area contributed by atoms with Crippen LogP contribution in [0.4, 0.5) is 11.4 Å². The van der Waals surface area contributed by atoms with Crippen LogP contribution in [0.15, 0.2) is 84.6 Å². The van der Waals surface area contributed by atoms with Crippen LogP contribution in [0.2, 0.25) is 0 Å². The Morgan fingerprint density at radius 2 is 1.33 bits per heavy atom. The molecule has 4 rings (SSSR count). The SMILES string of the molecule is CCN(C1=C(c2ccccc2)C(=O)N(c2cc(C)cc(C)c2)C1=O)c1ccccc1. The van der Waals surface area contributed by atoms with Crippen molar-refractivity contribution in [1.29, 1.82) is 0 Å². The smallest absolute Gasteiger partial charge is 0.282 e. The highest BCUT2D eigenvalue weighted by molar-refractivity contribution is 6.46. The molecule has 3 aromatic carbocycles. The fourth-order valence-electron chi connectivity index (χ4n) is 4.03. The molecule has 0 fully saturated rings. The van der Waals surface area contributed by atoms with Gasteiger partial charge in [-0.2, -0.15) is 0 Å². The van der Waals surface area contributed by atoms with Gasteiger partial charge in [0.25, 0.3) is 11.8 Å². The maximum atomic E-state index is 13.7. The summed E-state index contributed by atoms with van der Waals surface area (Å²) in [6.07, 6.45) is 0. The Morgan fingerprint density at radius 3 is 1.90 bits per heavy atom. The van der Waals surface area contributed by atoms with Gasteiger partial charge in [-0.05, 0) is 61.7 Å². The van der Waals surface area contributed by atoms with E-state index >= 15 is 0 Å². The molecule has 0 N–H and O–H groups in total. The highest BCUT2D eigenvalue weighted by Gasteiger charge is 2.42. The van der Waals surface area contributed by atoms with E-state index < -0.39 is 0 Å². The molecule has 4 nitrogen and oxygen atoms in total. The standard InChI is InChI=1S/C26H24N2O2/c1-4-27(21-13-9-6-10-14-21)24-23(20-11-7-5-8-12-20)25(29)28(26(24)30)22-16-18(2)15-19(3)17-22/h5-17H,4H2,1-3H3. The molecule has 30 heavy (non-hydrogen) atoms. The van der Waals surface area contributed by atoms with Gasteiger partial charge < -0.3 is 4.90 Å². The van der Waals surface area contributed by atoms with E-state index in [9.17, 15) is 9.59 Å². The molecule has 0 aliphatic carbocycles. The number of nitrogens with zero attached hydrogens (tertiary/aromatic N) is 2. The van der Waals surface area contributed by atoms with Crippen molar-refractivity contribution in [3.63, 3.8) is 0 Å². The first-order valence-corrected chi connectivity index (χ1v) is 10.1. The molecular weight excluding hydrogens is 372 g/mol. The summed E-state index contributed by atoms with van der Waals surface area (Å²) >= 11 is 0. The molecule has 150 valence electrons. The van der Waals surface area contributed by atoms with Gasteiger partial charge in [0.2, 0.25) is 0 Å². The molecule has 1 aliphatic rings. The fourth-order valence-corrected chi connectivity index (χ4v) is 4.03. The number of hydrogen-bond donors (Lipinski definition) is 0. The molecule has 0 bridgehead atoms. The van der Waals surface area contributed by atoms with Gasteiger partial charge in [-0.1, -0.05) is 54.6 Å². The summed E-state index contributed by atoms with van der Waals surface area (Å²) < 4.78 is 0. The minimum absolute atomic E-state index is 0.291. The number of hydrogen-bond acceptors (Lipinski definition) is 3. The summed E-state index contributed by atoms with van der Waals surface area (Å²) in [5, 5.41) is 0. The van der Waals surface area contributed by atoms with Gasteiger partial charge in [-0.3, -0.25) is 9.59 Å². The van der Waals surface area contributed by atoms with Crippen LogP contribution in [-0.2, 0) is 9.59 Å². The summed E-state index contributed by atoms with van der Waals surface area (Å²) in [5.41, 5.74) is 5.10. The molecule has 0 radical (unpaired) electrons. The average molecular weight is 396 g/mol. The van der Waals surface area contributed by atoms with Crippen molar-refractivity contribution < 1.29 is 9.59 Å². The second kappa shape index (κ2) is 7.99. The second-order valence-electron chi connectivity index (χ2n) is 7.46. The normalized spacial score (nSPS) is 13.9. The molecule has 0 spiro atoms. The lowest BCUT2D eigenvalue weighted by Gasteiger charge is -2.25. The summed E-state index contributed by atoms with van der Waals surface area (Å²) in [7, 11) is 0. The van der Waals surface area contributed by atoms with Gasteiger partial charge in [0, 0.05) is 12.2 Å². The van der Waals surface area contributed by atoms with Gasteiger partial charge in [0.05, 0.1) is 11.3 Å². The monoisotopic (exact) mass is 396 g/mol. The number of imide groups is 1. The molecule has 4 heteroatoms. The van der Waals surface area contributed by atoms with Crippen LogP contribution in [-0.4, -0.2) is 18.4 Å². The quantitative estimate of drug-likeness (QED) is 0.563. The first-order valence-electron chi connectivity index (χ1n) is 10.1. The molecule has 0 atom stereocenters. The number of carbonyl (C=O) groups is 2. The van der Waals surface area contributed by atoms with Crippen LogP contribution < -0.4 is 9.80 Å². The Kier molecular flexibility index (Phi) is 5.23. The molecule has 2 amide bonds. The Labute approximate surface area is 177 Å². The Bertz CT molecular complexity index is 1110. The van der Waals surface area contributed by atoms with Crippen LogP contribution >= 0.6 is 0 Å². The molecule has 0 saturated heterocycles. The zero-order chi connectivity index (χ0) is 21.3. The lowest BCUT2D eigenvalue weighted by Crippen LogP contribution is -2.35. The van der Waals surface area contributed by atoms with Crippen molar-refractivity contribution in [3.05, 3.63) is 101 Å². The maximum absolute atomic E-state index is 13.7. The summed E-state index contributed by atoms with van der Waals surface area (Å²) in [5.74, 6) is -0.588. The molecule has 3 aromatic rings. The lowest BCUT2D eigenvalue weighted by molar-refractivity contribution is -0.120. The Morgan fingerprint density at radius 1 is 0.767 bits per heavy atom. The topological polar surface area (TPSA) is 40.6 Å². The van der Waals surface area contributed by atoms with E-state index in [0.717, 1.165) is 22.4 Å². The van der Waals surface area contributed by atoms with E-state index in [1.165, 1.54) is 4.90 Å². The largest absolute Gasteiger partial charge is 0.337 e. The van der Waals surface area contributed by atoms with Crippen LogP contribution in [0.1, 0.15) is 23.6 Å². The van der Waals surface area contributed by atoms with Crippen LogP contribution in [0.5, 0.6) is 0 Å². The molecular formula is C26H24N2O2. The third kappa shape index (κ3) is 3.41. The van der Waals surface area contributed by atoms with Gasteiger partial charge >= 0.3 is 0 Å². The van der Waals surface area contributed by atoms with Gasteiger partial charge in [0.15, 0.2) is 0 Å². The summed E-state index contributed by atoms with van der Waals surface area (Å²) in [4.78, 5) is 30.6. The number of rotatable bonds is 5. The van der Waals surface area contributed by atoms with E-state index in [4.69, 9.17) is 0 Å². The highest BCUT2D eigenvalue weighted by atomic mass is 16.2. The second-order valence-corrected chi connectivity index (χ2v) is 7.46. The zero-order valence-electron chi connectivity index (χ0n) is 17.4. The zero-order valence-corrected chi connectivity index (χ0v) is 17.4. The van der Waals surface area contributed by atoms with Crippen molar-refractivity contribution in [3.8, 4) is 0 Å². The van der Waals surface area contributed by atoms with Crippen molar-refractivity contribution in [2.45, 2.75) is 20.8 Å². The molecule has 1 aliphatic heterocycles. The minimum atomic E-state index is -0.297. The fraction of sp³-hybridized carbons (Fsp3) is 0.154. The highest BCUT2D eigenvalue weighted by Crippen LogP contribution is 2.37. The van der Waals surface area contributed by atoms with E-state index in [-0.39, 0.29) is 11.8 Å². The van der Waals surface area contributed by atoms with Crippen molar-refractivity contribution >= 4 is 28.8 Å². The van der Waals surface area contributed by atoms with Gasteiger partial charge in [-0.15, -0.1) is 0 Å². The first kappa shape index (κ1) is 19.6. The number of benzene rings is 3. The number of likely N-dealkylation sites (N-methyl/N-ethyl adjacent to an activating group) is 1. The molecule has 1 heterocycles. The number of anilines is 2. The van der Waals surface area contributed by atoms with E-state index in [1.54, 1.807) is 0 Å². The minimum Gasteiger partial charge on any atom is -0.337 e. The number of aryl methyl sites for hydroxylation is 2. The third-order valence-electron chi connectivity index (χ3n) is 5.24. The van der Waals surface area contributed by atoms with Crippen molar-refractivity contribution in [2.75, 3.05) is 16.3 Å². The van der Waals surface area contributed by atoms with Crippen LogP contribution in [0.3, 0.4) is 0 Å². The number of carbonyl (C=O) groups excluding carboxylic acids is 2. The van der Waals surface area contributed by atoms with Crippen LogP contribution in [0.25, 0.3) is 5.57 Å². The molecule has 0 saturated carbocycles. The van der Waals surface area contributed by atoms with Crippen LogP contribution in [0, 0.1) is 13.8 Å². The van der Waals surface area contributed by atoms with Crippen molar-refractivity contribution in [1.82, 2.24) is 0 Å². The Balaban J connectivity index is 1.91. The first-order chi connectivity index (χ1) is 14.5. The van der Waals surface area contributed by atoms with Crippen molar-refractivity contribution in [2.24, 2.45) is 0 Å². The lowest BCUT2D eigenvalue weighted by atomic mass is 10.0.